The number of methoxy groups -OCH3 is 1. The first-order valence-electron chi connectivity index (χ1n) is 6.32. The molecule has 4 nitrogen and oxygen atoms in total. The van der Waals surface area contributed by atoms with E-state index in [4.69, 9.17) is 51.8 Å². The number of hydrogen-bond donors (Lipinski definition) is 2. The van der Waals surface area contributed by atoms with E-state index in [-0.39, 0.29) is 26.5 Å². The van der Waals surface area contributed by atoms with Crippen LogP contribution in [0.25, 0.3) is 0 Å². The Kier molecular flexibility index (Phi) is 6.07. The number of rotatable bonds is 3. The number of hydrogen-bond acceptors (Lipinski definition) is 3. The van der Waals surface area contributed by atoms with Gasteiger partial charge in [0.1, 0.15) is 5.56 Å². The number of nitrogens with one attached hydrogen (secondary N) is 2. The van der Waals surface area contributed by atoms with E-state index in [1.165, 1.54) is 13.2 Å². The van der Waals surface area contributed by atoms with Crippen LogP contribution >= 0.6 is 47.0 Å². The number of halogens is 3. The third-order valence-corrected chi connectivity index (χ3v) is 3.89. The molecule has 0 spiro atoms. The maximum Gasteiger partial charge on any atom is 0.262 e. The molecule has 0 saturated carbocycles. The molecular formula is C15H11Cl3N2O2S. The average Bonchev–Trinajstić information content (AvgIpc) is 2.51. The molecule has 0 saturated heterocycles. The summed E-state index contributed by atoms with van der Waals surface area (Å²) in [6.45, 7) is 0. The van der Waals surface area contributed by atoms with Crippen molar-refractivity contribution in [2.45, 2.75) is 0 Å². The third kappa shape index (κ3) is 4.48. The van der Waals surface area contributed by atoms with Gasteiger partial charge < -0.3 is 10.1 Å². The Bertz CT molecular complexity index is 751. The standard InChI is InChI=1S/C15H11Cl3N2O2S/c1-22-13-11(18)7-6-10(17)12(13)14(21)20-15(23)19-9-4-2-8(16)3-5-9/h2-7H,1H3,(H2,19,20,21,23). The minimum absolute atomic E-state index is 0.107. The lowest BCUT2D eigenvalue weighted by Crippen LogP contribution is -2.34. The van der Waals surface area contributed by atoms with Gasteiger partial charge in [-0.3, -0.25) is 10.1 Å². The minimum atomic E-state index is -0.527. The van der Waals surface area contributed by atoms with Gasteiger partial charge in [0.15, 0.2) is 10.9 Å². The van der Waals surface area contributed by atoms with Crippen molar-refractivity contribution in [1.29, 1.82) is 0 Å². The molecule has 0 unspecified atom stereocenters. The second-order valence-electron chi connectivity index (χ2n) is 4.35. The summed E-state index contributed by atoms with van der Waals surface area (Å²) in [5, 5.41) is 6.58. The molecule has 0 radical (unpaired) electrons. The summed E-state index contributed by atoms with van der Waals surface area (Å²) in [7, 11) is 1.40. The zero-order valence-electron chi connectivity index (χ0n) is 11.8. The molecule has 2 aromatic rings. The largest absolute Gasteiger partial charge is 0.494 e. The van der Waals surface area contributed by atoms with E-state index in [0.717, 1.165) is 0 Å². The first kappa shape index (κ1) is 17.8. The van der Waals surface area contributed by atoms with E-state index in [0.29, 0.717) is 10.7 Å². The van der Waals surface area contributed by atoms with Gasteiger partial charge in [0.2, 0.25) is 0 Å². The number of carbonyl (C=O) groups is 1. The van der Waals surface area contributed by atoms with Crippen molar-refractivity contribution in [1.82, 2.24) is 5.32 Å². The van der Waals surface area contributed by atoms with E-state index in [1.54, 1.807) is 30.3 Å². The lowest BCUT2D eigenvalue weighted by molar-refractivity contribution is 0.0975. The van der Waals surface area contributed by atoms with Crippen LogP contribution in [-0.2, 0) is 0 Å². The summed E-state index contributed by atoms with van der Waals surface area (Å²) in [4.78, 5) is 12.4. The van der Waals surface area contributed by atoms with E-state index >= 15 is 0 Å². The van der Waals surface area contributed by atoms with Crippen molar-refractivity contribution in [3.63, 3.8) is 0 Å². The molecule has 0 heterocycles. The van der Waals surface area contributed by atoms with E-state index in [2.05, 4.69) is 10.6 Å². The van der Waals surface area contributed by atoms with Crippen LogP contribution in [0.2, 0.25) is 15.1 Å². The maximum atomic E-state index is 12.4. The predicted molar refractivity (Wildman–Crippen MR) is 98.2 cm³/mol. The van der Waals surface area contributed by atoms with Crippen LogP contribution in [0, 0.1) is 0 Å². The number of thiocarbonyl (C=S) groups is 1. The Labute approximate surface area is 153 Å². The minimum Gasteiger partial charge on any atom is -0.494 e. The topological polar surface area (TPSA) is 50.4 Å². The molecule has 2 N–H and O–H groups in total. The highest BCUT2D eigenvalue weighted by Crippen LogP contribution is 2.33. The normalized spacial score (nSPS) is 10.1. The van der Waals surface area contributed by atoms with Gasteiger partial charge in [-0.15, -0.1) is 0 Å². The second kappa shape index (κ2) is 7.84. The first-order chi connectivity index (χ1) is 10.9. The van der Waals surface area contributed by atoms with Crippen LogP contribution in [0.1, 0.15) is 10.4 Å². The van der Waals surface area contributed by atoms with Crippen LogP contribution in [0.3, 0.4) is 0 Å². The van der Waals surface area contributed by atoms with Crippen LogP contribution in [0.15, 0.2) is 36.4 Å². The number of amides is 1. The molecule has 0 bridgehead atoms. The SMILES string of the molecule is COc1c(Cl)ccc(Cl)c1C(=O)NC(=S)Nc1ccc(Cl)cc1. The van der Waals surface area contributed by atoms with Gasteiger partial charge in [-0.1, -0.05) is 34.8 Å². The Morgan fingerprint density at radius 2 is 1.65 bits per heavy atom. The van der Waals surface area contributed by atoms with Gasteiger partial charge >= 0.3 is 0 Å². The number of benzene rings is 2. The molecule has 0 aliphatic rings. The highest BCUT2D eigenvalue weighted by atomic mass is 35.5. The zero-order chi connectivity index (χ0) is 17.0. The first-order valence-corrected chi connectivity index (χ1v) is 7.86. The molecule has 2 aromatic carbocycles. The fourth-order valence-corrected chi connectivity index (χ4v) is 2.61. The van der Waals surface area contributed by atoms with Gasteiger partial charge in [0, 0.05) is 10.7 Å². The fourth-order valence-electron chi connectivity index (χ4n) is 1.81. The van der Waals surface area contributed by atoms with Crippen LogP contribution in [0.4, 0.5) is 5.69 Å². The molecule has 0 fully saturated rings. The number of carbonyl (C=O) groups excluding carboxylic acids is 1. The Morgan fingerprint density at radius 1 is 1.04 bits per heavy atom. The summed E-state index contributed by atoms with van der Waals surface area (Å²) < 4.78 is 5.14. The fraction of sp³-hybridized carbons (Fsp3) is 0.0667. The predicted octanol–water partition coefficient (Wildman–Crippen LogP) is 4.78. The van der Waals surface area contributed by atoms with Crippen molar-refractivity contribution in [2.24, 2.45) is 0 Å². The lowest BCUT2D eigenvalue weighted by Gasteiger charge is -2.13. The summed E-state index contributed by atoms with van der Waals surface area (Å²) in [6, 6.07) is 9.92. The quantitative estimate of drug-likeness (QED) is 0.742. The third-order valence-electron chi connectivity index (χ3n) is 2.82. The molecule has 0 aliphatic carbocycles. The van der Waals surface area contributed by atoms with Crippen molar-refractivity contribution in [3.8, 4) is 5.75 Å². The molecular weight excluding hydrogens is 379 g/mol. The van der Waals surface area contributed by atoms with Crippen LogP contribution in [0.5, 0.6) is 5.75 Å². The molecule has 120 valence electrons. The van der Waals surface area contributed by atoms with E-state index < -0.39 is 5.91 Å². The molecule has 2 rings (SSSR count). The van der Waals surface area contributed by atoms with Gasteiger partial charge in [0.25, 0.3) is 5.91 Å². The van der Waals surface area contributed by atoms with Crippen LogP contribution in [-0.4, -0.2) is 18.1 Å². The number of ether oxygens (including phenoxy) is 1. The Balaban J connectivity index is 2.14. The summed E-state index contributed by atoms with van der Waals surface area (Å²) in [5.41, 5.74) is 0.797. The Hall–Kier alpha value is -1.53. The molecule has 23 heavy (non-hydrogen) atoms. The molecule has 0 atom stereocenters. The average molecular weight is 390 g/mol. The van der Waals surface area contributed by atoms with Gasteiger partial charge in [0.05, 0.1) is 17.2 Å². The van der Waals surface area contributed by atoms with E-state index in [9.17, 15) is 4.79 Å². The van der Waals surface area contributed by atoms with Gasteiger partial charge in [-0.25, -0.2) is 0 Å². The van der Waals surface area contributed by atoms with Crippen LogP contribution < -0.4 is 15.4 Å². The lowest BCUT2D eigenvalue weighted by atomic mass is 10.2. The van der Waals surface area contributed by atoms with Crippen molar-refractivity contribution >= 4 is 63.7 Å². The van der Waals surface area contributed by atoms with Crippen molar-refractivity contribution in [2.75, 3.05) is 12.4 Å². The second-order valence-corrected chi connectivity index (χ2v) is 6.01. The zero-order valence-corrected chi connectivity index (χ0v) is 14.9. The highest BCUT2D eigenvalue weighted by Gasteiger charge is 2.20. The smallest absolute Gasteiger partial charge is 0.262 e. The van der Waals surface area contributed by atoms with Crippen molar-refractivity contribution in [3.05, 3.63) is 57.0 Å². The Morgan fingerprint density at radius 3 is 2.26 bits per heavy atom. The highest BCUT2D eigenvalue weighted by molar-refractivity contribution is 7.80. The molecule has 0 aromatic heterocycles. The number of anilines is 1. The van der Waals surface area contributed by atoms with E-state index in [1.807, 2.05) is 0 Å². The summed E-state index contributed by atoms with van der Waals surface area (Å²) >= 11 is 23.0. The molecule has 1 amide bonds. The molecule has 8 heteroatoms. The monoisotopic (exact) mass is 388 g/mol. The van der Waals surface area contributed by atoms with Gasteiger partial charge in [-0.2, -0.15) is 0 Å². The summed E-state index contributed by atoms with van der Waals surface area (Å²) in [5.74, 6) is -0.341. The maximum absolute atomic E-state index is 12.4. The summed E-state index contributed by atoms with van der Waals surface area (Å²) in [6.07, 6.45) is 0. The van der Waals surface area contributed by atoms with Gasteiger partial charge in [-0.05, 0) is 48.6 Å². The van der Waals surface area contributed by atoms with Crippen molar-refractivity contribution < 1.29 is 9.53 Å². The molecule has 0 aliphatic heterocycles.